The maximum Gasteiger partial charge on any atom is 0.133 e. The molecule has 1 atom stereocenters. The molecule has 0 fully saturated rings. The molecule has 0 radical (unpaired) electrons. The van der Waals surface area contributed by atoms with Gasteiger partial charge in [-0.15, -0.1) is 0 Å². The topological polar surface area (TPSA) is 46.3 Å². The van der Waals surface area contributed by atoms with Crippen LogP contribution in [0.25, 0.3) is 0 Å². The molecule has 0 heterocycles. The number of nitrogens with zero attached hydrogens (tertiary/aromatic N) is 1. The van der Waals surface area contributed by atoms with Gasteiger partial charge in [0.05, 0.1) is 27.7 Å². The van der Waals surface area contributed by atoms with Crippen molar-refractivity contribution in [2.45, 2.75) is 6.04 Å². The summed E-state index contributed by atoms with van der Waals surface area (Å²) in [5, 5.41) is 9.86. The Bertz CT molecular complexity index is 686. The third-order valence-corrected chi connectivity index (χ3v) is 3.70. The maximum atomic E-state index is 13.4. The number of hydrogen-bond acceptors (Lipinski definition) is 3. The summed E-state index contributed by atoms with van der Waals surface area (Å²) in [4.78, 5) is 5.58. The first kappa shape index (κ1) is 17.0. The zero-order valence-corrected chi connectivity index (χ0v) is 13.6. The van der Waals surface area contributed by atoms with Gasteiger partial charge in [-0.3, -0.25) is 4.99 Å². The molecule has 0 unspecified atom stereocenters. The van der Waals surface area contributed by atoms with Crippen molar-refractivity contribution < 1.29 is 19.1 Å². The number of halogens is 1. The van der Waals surface area contributed by atoms with Crippen molar-refractivity contribution in [3.8, 4) is 11.5 Å². The number of nitrogens with one attached hydrogen (secondary N) is 1. The molecule has 0 spiro atoms. The predicted molar refractivity (Wildman–Crippen MR) is 89.1 cm³/mol. The third kappa shape index (κ3) is 4.53. The number of phenolic OH excluding ortho intramolecular Hbond substituents is 1. The van der Waals surface area contributed by atoms with Crippen molar-refractivity contribution in [2.75, 3.05) is 27.7 Å². The molecule has 0 bridgehead atoms. The van der Waals surface area contributed by atoms with E-state index in [1.165, 1.54) is 12.1 Å². The van der Waals surface area contributed by atoms with Crippen molar-refractivity contribution in [3.63, 3.8) is 0 Å². The van der Waals surface area contributed by atoms with Crippen LogP contribution in [0.1, 0.15) is 17.2 Å². The second-order valence-electron chi connectivity index (χ2n) is 5.60. The number of benzene rings is 2. The standard InChI is InChI=1S/C18H21FN2O2/c1-21(2)17(13-5-4-6-15(19)9-13)12-20-11-14-10-16(23-3)7-8-18(14)22/h4-11,17,22H,12H2,1-3H3/p+1/t17-/m1/s1. The average Bonchev–Trinajstić information content (AvgIpc) is 2.52. The smallest absolute Gasteiger partial charge is 0.133 e. The SMILES string of the molecule is COc1ccc(O)c(C=NC[C@H](c2cccc(F)c2)[NH+](C)C)c1. The van der Waals surface area contributed by atoms with E-state index in [0.29, 0.717) is 17.9 Å². The van der Waals surface area contributed by atoms with Gasteiger partial charge in [0, 0.05) is 17.3 Å². The van der Waals surface area contributed by atoms with E-state index in [-0.39, 0.29) is 17.6 Å². The molecule has 2 aromatic carbocycles. The van der Waals surface area contributed by atoms with Crippen molar-refractivity contribution in [2.24, 2.45) is 4.99 Å². The second kappa shape index (κ2) is 7.74. The molecule has 0 aliphatic heterocycles. The summed E-state index contributed by atoms with van der Waals surface area (Å²) in [6.07, 6.45) is 1.62. The first-order valence-electron chi connectivity index (χ1n) is 7.43. The number of methoxy groups -OCH3 is 1. The van der Waals surface area contributed by atoms with Crippen LogP contribution in [0, 0.1) is 5.82 Å². The van der Waals surface area contributed by atoms with Gasteiger partial charge in [-0.1, -0.05) is 12.1 Å². The van der Waals surface area contributed by atoms with Crippen LogP contribution in [0.4, 0.5) is 4.39 Å². The Morgan fingerprint density at radius 2 is 2.04 bits per heavy atom. The van der Waals surface area contributed by atoms with Crippen LogP contribution in [0.2, 0.25) is 0 Å². The van der Waals surface area contributed by atoms with Crippen molar-refractivity contribution in [1.29, 1.82) is 0 Å². The highest BCUT2D eigenvalue weighted by Crippen LogP contribution is 2.21. The Labute approximate surface area is 135 Å². The fourth-order valence-corrected chi connectivity index (χ4v) is 2.36. The molecule has 2 N–H and O–H groups in total. The maximum absolute atomic E-state index is 13.4. The summed E-state index contributed by atoms with van der Waals surface area (Å²) < 4.78 is 18.6. The molecule has 4 nitrogen and oxygen atoms in total. The van der Waals surface area contributed by atoms with E-state index in [9.17, 15) is 9.50 Å². The molecular weight excluding hydrogens is 295 g/mol. The summed E-state index contributed by atoms with van der Waals surface area (Å²) in [6, 6.07) is 11.6. The van der Waals surface area contributed by atoms with Gasteiger partial charge in [0.25, 0.3) is 0 Å². The summed E-state index contributed by atoms with van der Waals surface area (Å²) in [5.41, 5.74) is 1.49. The number of rotatable bonds is 6. The quantitative estimate of drug-likeness (QED) is 0.799. The van der Waals surface area contributed by atoms with Crippen molar-refractivity contribution in [1.82, 2.24) is 0 Å². The van der Waals surface area contributed by atoms with Crippen LogP contribution in [0.3, 0.4) is 0 Å². The van der Waals surface area contributed by atoms with Gasteiger partial charge in [0.1, 0.15) is 23.4 Å². The van der Waals surface area contributed by atoms with E-state index in [1.54, 1.807) is 37.6 Å². The molecule has 0 saturated carbocycles. The van der Waals surface area contributed by atoms with Gasteiger partial charge in [0.2, 0.25) is 0 Å². The summed E-state index contributed by atoms with van der Waals surface area (Å²) in [6.45, 7) is 0.489. The largest absolute Gasteiger partial charge is 0.507 e. The molecule has 0 aromatic heterocycles. The van der Waals surface area contributed by atoms with Crippen LogP contribution in [0.15, 0.2) is 47.5 Å². The summed E-state index contributed by atoms with van der Waals surface area (Å²) >= 11 is 0. The Hall–Kier alpha value is -2.40. The Kier molecular flexibility index (Phi) is 5.71. The fraction of sp³-hybridized carbons (Fsp3) is 0.278. The molecule has 0 amide bonds. The van der Waals surface area contributed by atoms with Crippen molar-refractivity contribution >= 4 is 6.21 Å². The summed E-state index contributed by atoms with van der Waals surface area (Å²) in [5.74, 6) is 0.557. The number of aromatic hydroxyl groups is 1. The van der Waals surface area contributed by atoms with Gasteiger partial charge in [-0.05, 0) is 30.3 Å². The normalized spacial score (nSPS) is 12.7. The Balaban J connectivity index is 2.16. The number of likely N-dealkylation sites (N-methyl/N-ethyl adjacent to an activating group) is 1. The minimum Gasteiger partial charge on any atom is -0.507 e. The van der Waals surface area contributed by atoms with E-state index in [2.05, 4.69) is 4.99 Å². The molecule has 2 aromatic rings. The Morgan fingerprint density at radius 3 is 2.70 bits per heavy atom. The second-order valence-corrected chi connectivity index (χ2v) is 5.60. The lowest BCUT2D eigenvalue weighted by Crippen LogP contribution is -3.06. The van der Waals surface area contributed by atoms with Crippen LogP contribution in [-0.4, -0.2) is 39.1 Å². The van der Waals surface area contributed by atoms with Crippen molar-refractivity contribution in [3.05, 3.63) is 59.4 Å². The van der Waals surface area contributed by atoms with Crippen LogP contribution in [0.5, 0.6) is 11.5 Å². The van der Waals surface area contributed by atoms with E-state index in [0.717, 1.165) is 10.5 Å². The zero-order chi connectivity index (χ0) is 16.8. The zero-order valence-electron chi connectivity index (χ0n) is 13.6. The number of phenols is 1. The molecule has 23 heavy (non-hydrogen) atoms. The summed E-state index contributed by atoms with van der Waals surface area (Å²) in [7, 11) is 5.59. The fourth-order valence-electron chi connectivity index (χ4n) is 2.36. The van der Waals surface area contributed by atoms with Crippen LogP contribution >= 0.6 is 0 Å². The highest BCUT2D eigenvalue weighted by Gasteiger charge is 2.17. The lowest BCUT2D eigenvalue weighted by Gasteiger charge is -2.20. The van der Waals surface area contributed by atoms with E-state index >= 15 is 0 Å². The monoisotopic (exact) mass is 317 g/mol. The minimum atomic E-state index is -0.247. The van der Waals surface area contributed by atoms with Crippen LogP contribution in [-0.2, 0) is 0 Å². The van der Waals surface area contributed by atoms with E-state index < -0.39 is 0 Å². The highest BCUT2D eigenvalue weighted by molar-refractivity contribution is 5.84. The molecule has 5 heteroatoms. The van der Waals surface area contributed by atoms with Crippen LogP contribution < -0.4 is 9.64 Å². The molecule has 122 valence electrons. The number of aliphatic imine (C=N–C) groups is 1. The van der Waals surface area contributed by atoms with E-state index in [1.807, 2.05) is 20.2 Å². The highest BCUT2D eigenvalue weighted by atomic mass is 19.1. The number of quaternary nitrogens is 1. The van der Waals surface area contributed by atoms with Gasteiger partial charge in [-0.25, -0.2) is 4.39 Å². The van der Waals surface area contributed by atoms with E-state index in [4.69, 9.17) is 4.74 Å². The number of ether oxygens (including phenoxy) is 1. The first-order chi connectivity index (χ1) is 11.0. The molecule has 0 aliphatic carbocycles. The van der Waals surface area contributed by atoms with Gasteiger partial charge < -0.3 is 14.7 Å². The molecule has 0 aliphatic rings. The lowest BCUT2D eigenvalue weighted by atomic mass is 10.1. The minimum absolute atomic E-state index is 0.0368. The molecule has 0 saturated heterocycles. The molecular formula is C18H22FN2O2+. The Morgan fingerprint density at radius 1 is 1.26 bits per heavy atom. The number of hydrogen-bond donors (Lipinski definition) is 2. The predicted octanol–water partition coefficient (Wildman–Crippen LogP) is 1.84. The molecule has 2 rings (SSSR count). The van der Waals surface area contributed by atoms with Gasteiger partial charge in [0.15, 0.2) is 0 Å². The average molecular weight is 317 g/mol. The first-order valence-corrected chi connectivity index (χ1v) is 7.43. The lowest BCUT2D eigenvalue weighted by molar-refractivity contribution is -0.890. The van der Waals surface area contributed by atoms with Gasteiger partial charge in [-0.2, -0.15) is 0 Å². The third-order valence-electron chi connectivity index (χ3n) is 3.70. The van der Waals surface area contributed by atoms with Gasteiger partial charge >= 0.3 is 0 Å².